The molecule has 150 valence electrons. The van der Waals surface area contributed by atoms with E-state index in [0.717, 1.165) is 35.2 Å². The maximum atomic E-state index is 13.1. The van der Waals surface area contributed by atoms with Crippen molar-refractivity contribution in [3.05, 3.63) is 71.3 Å². The van der Waals surface area contributed by atoms with E-state index < -0.39 is 11.9 Å². The molecule has 4 rings (SSSR count). The zero-order valence-electron chi connectivity index (χ0n) is 15.7. The molecule has 0 atom stereocenters. The van der Waals surface area contributed by atoms with Gasteiger partial charge in [-0.2, -0.15) is 13.2 Å². The molecule has 1 saturated carbocycles. The van der Waals surface area contributed by atoms with Gasteiger partial charge in [0.25, 0.3) is 0 Å². The molecule has 1 fully saturated rings. The SMILES string of the molecule is O=C(Cc1cccc2ccccc12)NCCc1nc(C2CC2)cc(C(F)(F)F)n1. The highest BCUT2D eigenvalue weighted by atomic mass is 19.4. The molecule has 29 heavy (non-hydrogen) atoms. The fourth-order valence-corrected chi connectivity index (χ4v) is 3.36. The zero-order chi connectivity index (χ0) is 20.4. The Bertz CT molecular complexity index is 1040. The van der Waals surface area contributed by atoms with Gasteiger partial charge in [-0.3, -0.25) is 4.79 Å². The Hall–Kier alpha value is -2.96. The molecule has 3 aromatic rings. The zero-order valence-corrected chi connectivity index (χ0v) is 15.7. The molecule has 0 radical (unpaired) electrons. The van der Waals surface area contributed by atoms with Crippen molar-refractivity contribution in [2.75, 3.05) is 6.54 Å². The van der Waals surface area contributed by atoms with Gasteiger partial charge in [0.05, 0.1) is 6.42 Å². The van der Waals surface area contributed by atoms with Gasteiger partial charge >= 0.3 is 6.18 Å². The number of carbonyl (C=O) groups excluding carboxylic acids is 1. The lowest BCUT2D eigenvalue weighted by molar-refractivity contribution is -0.141. The number of hydrogen-bond donors (Lipinski definition) is 1. The summed E-state index contributed by atoms with van der Waals surface area (Å²) in [6, 6.07) is 14.6. The van der Waals surface area contributed by atoms with Crippen LogP contribution in [-0.2, 0) is 23.8 Å². The molecule has 1 N–H and O–H groups in total. The van der Waals surface area contributed by atoms with Crippen LogP contribution < -0.4 is 5.32 Å². The van der Waals surface area contributed by atoms with Crippen LogP contribution in [-0.4, -0.2) is 22.4 Å². The summed E-state index contributed by atoms with van der Waals surface area (Å²) in [4.78, 5) is 20.2. The third-order valence-corrected chi connectivity index (χ3v) is 4.98. The van der Waals surface area contributed by atoms with Gasteiger partial charge in [-0.1, -0.05) is 42.5 Å². The quantitative estimate of drug-likeness (QED) is 0.667. The van der Waals surface area contributed by atoms with Crippen molar-refractivity contribution < 1.29 is 18.0 Å². The smallest absolute Gasteiger partial charge is 0.355 e. The number of alkyl halides is 3. The summed E-state index contributed by atoms with van der Waals surface area (Å²) < 4.78 is 39.3. The van der Waals surface area contributed by atoms with E-state index >= 15 is 0 Å². The van der Waals surface area contributed by atoms with Crippen LogP contribution in [0.5, 0.6) is 0 Å². The van der Waals surface area contributed by atoms with Gasteiger partial charge < -0.3 is 5.32 Å². The standard InChI is InChI=1S/C22H20F3N3O/c23-22(24,25)19-13-18(15-8-9-15)27-20(28-19)10-11-26-21(29)12-16-6-3-5-14-4-1-2-7-17(14)16/h1-7,13,15H,8-12H2,(H,26,29). The molecule has 7 heteroatoms. The third kappa shape index (κ3) is 4.72. The maximum absolute atomic E-state index is 13.1. The lowest BCUT2D eigenvalue weighted by atomic mass is 10.0. The fourth-order valence-electron chi connectivity index (χ4n) is 3.36. The molecule has 0 saturated heterocycles. The molecular weight excluding hydrogens is 379 g/mol. The number of carbonyl (C=O) groups is 1. The molecular formula is C22H20F3N3O. The molecule has 1 aliphatic rings. The van der Waals surface area contributed by atoms with Crippen LogP contribution in [0, 0.1) is 0 Å². The predicted molar refractivity (Wildman–Crippen MR) is 103 cm³/mol. The molecule has 0 spiro atoms. The highest BCUT2D eigenvalue weighted by molar-refractivity contribution is 5.90. The van der Waals surface area contributed by atoms with E-state index in [4.69, 9.17) is 0 Å². The number of benzene rings is 2. The summed E-state index contributed by atoms with van der Waals surface area (Å²) >= 11 is 0. The van der Waals surface area contributed by atoms with E-state index in [2.05, 4.69) is 15.3 Å². The Labute approximate surface area is 166 Å². The molecule has 1 amide bonds. The van der Waals surface area contributed by atoms with Crippen molar-refractivity contribution in [1.82, 2.24) is 15.3 Å². The minimum atomic E-state index is -4.50. The van der Waals surface area contributed by atoms with Crippen LogP contribution in [0.25, 0.3) is 10.8 Å². The van der Waals surface area contributed by atoms with Crippen LogP contribution in [0.1, 0.15) is 41.5 Å². The normalized spacial score (nSPS) is 14.2. The van der Waals surface area contributed by atoms with E-state index in [1.54, 1.807) is 0 Å². The van der Waals surface area contributed by atoms with Gasteiger partial charge in [0.2, 0.25) is 5.91 Å². The first kappa shape index (κ1) is 19.4. The maximum Gasteiger partial charge on any atom is 0.433 e. The van der Waals surface area contributed by atoms with Crippen molar-refractivity contribution in [2.45, 2.75) is 37.8 Å². The summed E-state index contributed by atoms with van der Waals surface area (Å²) in [6.07, 6.45) is -2.42. The number of amides is 1. The van der Waals surface area contributed by atoms with Crippen LogP contribution in [0.15, 0.2) is 48.5 Å². The molecule has 0 aliphatic heterocycles. The molecule has 1 heterocycles. The first-order valence-corrected chi connectivity index (χ1v) is 9.58. The number of hydrogen-bond acceptors (Lipinski definition) is 3. The molecule has 0 unspecified atom stereocenters. The average Bonchev–Trinajstić information content (AvgIpc) is 3.53. The van der Waals surface area contributed by atoms with Crippen LogP contribution in [0.3, 0.4) is 0 Å². The van der Waals surface area contributed by atoms with Crippen LogP contribution >= 0.6 is 0 Å². The summed E-state index contributed by atoms with van der Waals surface area (Å²) in [6.45, 7) is 0.190. The molecule has 2 aromatic carbocycles. The fraction of sp³-hybridized carbons (Fsp3) is 0.318. The first-order valence-electron chi connectivity index (χ1n) is 9.58. The largest absolute Gasteiger partial charge is 0.433 e. The van der Waals surface area contributed by atoms with E-state index in [9.17, 15) is 18.0 Å². The molecule has 0 bridgehead atoms. The monoisotopic (exact) mass is 399 g/mol. The van der Waals surface area contributed by atoms with Crippen LogP contribution in [0.4, 0.5) is 13.2 Å². The second-order valence-electron chi connectivity index (χ2n) is 7.28. The number of fused-ring (bicyclic) bond motifs is 1. The lowest BCUT2D eigenvalue weighted by Crippen LogP contribution is -2.28. The summed E-state index contributed by atoms with van der Waals surface area (Å²) in [5.74, 6) is 0.0294. The molecule has 1 aromatic heterocycles. The minimum Gasteiger partial charge on any atom is -0.355 e. The van der Waals surface area contributed by atoms with E-state index in [1.807, 2.05) is 42.5 Å². The number of halogens is 3. The van der Waals surface area contributed by atoms with Gasteiger partial charge in [0, 0.05) is 24.6 Å². The topological polar surface area (TPSA) is 54.9 Å². The van der Waals surface area contributed by atoms with Crippen molar-refractivity contribution in [1.29, 1.82) is 0 Å². The Morgan fingerprint density at radius 3 is 2.59 bits per heavy atom. The molecule has 4 nitrogen and oxygen atoms in total. The summed E-state index contributed by atoms with van der Waals surface area (Å²) in [7, 11) is 0. The van der Waals surface area contributed by atoms with Crippen LogP contribution in [0.2, 0.25) is 0 Å². The second kappa shape index (κ2) is 7.81. The molecule has 1 aliphatic carbocycles. The minimum absolute atomic E-state index is 0.0961. The number of nitrogens with zero attached hydrogens (tertiary/aromatic N) is 2. The van der Waals surface area contributed by atoms with Crippen molar-refractivity contribution in [3.63, 3.8) is 0 Å². The Morgan fingerprint density at radius 2 is 1.83 bits per heavy atom. The summed E-state index contributed by atoms with van der Waals surface area (Å²) in [5, 5.41) is 4.84. The number of aromatic nitrogens is 2. The van der Waals surface area contributed by atoms with Gasteiger partial charge in [-0.05, 0) is 35.2 Å². The Morgan fingerprint density at radius 1 is 1.07 bits per heavy atom. The van der Waals surface area contributed by atoms with Crippen molar-refractivity contribution in [3.8, 4) is 0 Å². The van der Waals surface area contributed by atoms with E-state index in [0.29, 0.717) is 5.69 Å². The highest BCUT2D eigenvalue weighted by Gasteiger charge is 2.35. The second-order valence-corrected chi connectivity index (χ2v) is 7.28. The van der Waals surface area contributed by atoms with E-state index in [1.165, 1.54) is 0 Å². The highest BCUT2D eigenvalue weighted by Crippen LogP contribution is 2.40. The first-order chi connectivity index (χ1) is 13.9. The van der Waals surface area contributed by atoms with Gasteiger partial charge in [-0.25, -0.2) is 9.97 Å². The Kier molecular flexibility index (Phi) is 5.22. The summed E-state index contributed by atoms with van der Waals surface area (Å²) in [5.41, 5.74) is 0.447. The van der Waals surface area contributed by atoms with Gasteiger partial charge in [0.1, 0.15) is 11.5 Å². The predicted octanol–water partition coefficient (Wildman–Crippen LogP) is 4.43. The lowest BCUT2D eigenvalue weighted by Gasteiger charge is -2.11. The van der Waals surface area contributed by atoms with Crippen molar-refractivity contribution in [2.24, 2.45) is 0 Å². The van der Waals surface area contributed by atoms with Gasteiger partial charge in [0.15, 0.2) is 0 Å². The third-order valence-electron chi connectivity index (χ3n) is 4.98. The van der Waals surface area contributed by atoms with E-state index in [-0.39, 0.29) is 37.0 Å². The average molecular weight is 399 g/mol. The number of rotatable bonds is 6. The van der Waals surface area contributed by atoms with Crippen molar-refractivity contribution >= 4 is 16.7 Å². The van der Waals surface area contributed by atoms with Gasteiger partial charge in [-0.15, -0.1) is 0 Å². The number of nitrogens with one attached hydrogen (secondary N) is 1. The Balaban J connectivity index is 1.39.